The average Bonchev–Trinajstić information content (AvgIpc) is 3.08. The zero-order valence-electron chi connectivity index (χ0n) is 16.6. The summed E-state index contributed by atoms with van der Waals surface area (Å²) in [5, 5.41) is 12.4. The van der Waals surface area contributed by atoms with Crippen LogP contribution in [-0.2, 0) is 18.6 Å². The van der Waals surface area contributed by atoms with Crippen molar-refractivity contribution in [3.63, 3.8) is 0 Å². The van der Waals surface area contributed by atoms with Gasteiger partial charge in [0.15, 0.2) is 11.4 Å². The van der Waals surface area contributed by atoms with E-state index in [9.17, 15) is 31.9 Å². The first-order chi connectivity index (χ1) is 15.0. The lowest BCUT2D eigenvalue weighted by Gasteiger charge is -2.26. The van der Waals surface area contributed by atoms with E-state index in [0.717, 1.165) is 24.3 Å². The lowest BCUT2D eigenvalue weighted by Crippen LogP contribution is -2.39. The van der Waals surface area contributed by atoms with Crippen LogP contribution < -0.4 is 5.32 Å². The van der Waals surface area contributed by atoms with Crippen LogP contribution in [-0.4, -0.2) is 27.2 Å². The molecule has 0 saturated heterocycles. The van der Waals surface area contributed by atoms with Crippen molar-refractivity contribution in [3.05, 3.63) is 82.2 Å². The Bertz CT molecular complexity index is 1190. The standard InChI is InChI=1S/C22H16F5N3O2/c1-21(32,22(25,26)27)12-7-5-11(6-8-12)9-15-18-16(10-28-20(18)31)30-19(29-15)17-13(23)3-2-4-14(17)24/h2-8,32H,9-10H2,1H3,(H,28,31). The number of carbonyl (C=O) groups excluding carboxylic acids is 1. The number of hydrogen-bond donors (Lipinski definition) is 2. The maximum atomic E-state index is 14.3. The van der Waals surface area contributed by atoms with Gasteiger partial charge < -0.3 is 10.4 Å². The van der Waals surface area contributed by atoms with E-state index < -0.39 is 34.9 Å². The van der Waals surface area contributed by atoms with Crippen molar-refractivity contribution in [2.75, 3.05) is 0 Å². The molecular formula is C22H16F5N3O2. The molecule has 1 aliphatic heterocycles. The topological polar surface area (TPSA) is 75.1 Å². The van der Waals surface area contributed by atoms with E-state index in [2.05, 4.69) is 15.3 Å². The van der Waals surface area contributed by atoms with Gasteiger partial charge in [-0.05, 0) is 30.2 Å². The molecule has 1 aromatic heterocycles. The van der Waals surface area contributed by atoms with Gasteiger partial charge in [0.05, 0.1) is 29.1 Å². The number of aliphatic hydroxyl groups is 1. The Morgan fingerprint density at radius 2 is 1.62 bits per heavy atom. The van der Waals surface area contributed by atoms with Crippen LogP contribution in [0.15, 0.2) is 42.5 Å². The van der Waals surface area contributed by atoms with E-state index in [1.807, 2.05) is 0 Å². The van der Waals surface area contributed by atoms with Gasteiger partial charge >= 0.3 is 6.18 Å². The average molecular weight is 449 g/mol. The Labute approximate surface area is 179 Å². The highest BCUT2D eigenvalue weighted by atomic mass is 19.4. The minimum absolute atomic E-state index is 0.00418. The van der Waals surface area contributed by atoms with Gasteiger partial charge in [0.2, 0.25) is 0 Å². The third-order valence-corrected chi connectivity index (χ3v) is 5.33. The number of rotatable bonds is 4. The molecule has 0 aliphatic carbocycles. The number of fused-ring (bicyclic) bond motifs is 1. The summed E-state index contributed by atoms with van der Waals surface area (Å²) in [6.07, 6.45) is -4.87. The van der Waals surface area contributed by atoms with E-state index in [1.165, 1.54) is 18.2 Å². The number of hydrogen-bond acceptors (Lipinski definition) is 4. The fourth-order valence-electron chi connectivity index (χ4n) is 3.46. The zero-order valence-corrected chi connectivity index (χ0v) is 16.6. The van der Waals surface area contributed by atoms with Crippen molar-refractivity contribution >= 4 is 5.91 Å². The molecule has 166 valence electrons. The number of aromatic nitrogens is 2. The van der Waals surface area contributed by atoms with E-state index in [4.69, 9.17) is 0 Å². The summed E-state index contributed by atoms with van der Waals surface area (Å²) >= 11 is 0. The van der Waals surface area contributed by atoms with Crippen LogP contribution in [0.4, 0.5) is 22.0 Å². The van der Waals surface area contributed by atoms with Gasteiger partial charge in [0, 0.05) is 6.42 Å². The predicted molar refractivity (Wildman–Crippen MR) is 103 cm³/mol. The highest BCUT2D eigenvalue weighted by molar-refractivity contribution is 5.99. The van der Waals surface area contributed by atoms with Crippen LogP contribution in [0.2, 0.25) is 0 Å². The molecule has 0 fully saturated rings. The van der Waals surface area contributed by atoms with Crippen LogP contribution in [0.5, 0.6) is 0 Å². The van der Waals surface area contributed by atoms with Gasteiger partial charge in [0.1, 0.15) is 11.6 Å². The Morgan fingerprint density at radius 1 is 1.00 bits per heavy atom. The summed E-state index contributed by atoms with van der Waals surface area (Å²) in [7, 11) is 0. The third kappa shape index (κ3) is 3.70. The monoisotopic (exact) mass is 449 g/mol. The van der Waals surface area contributed by atoms with Crippen molar-refractivity contribution in [2.24, 2.45) is 0 Å². The van der Waals surface area contributed by atoms with Crippen molar-refractivity contribution in [3.8, 4) is 11.4 Å². The molecule has 2 N–H and O–H groups in total. The number of benzene rings is 2. The second-order valence-electron chi connectivity index (χ2n) is 7.54. The van der Waals surface area contributed by atoms with Gasteiger partial charge in [-0.25, -0.2) is 18.7 Å². The molecule has 3 aromatic rings. The molecule has 0 spiro atoms. The van der Waals surface area contributed by atoms with Crippen LogP contribution in [0.3, 0.4) is 0 Å². The maximum Gasteiger partial charge on any atom is 0.421 e. The molecule has 0 saturated carbocycles. The molecule has 0 bridgehead atoms. The quantitative estimate of drug-likeness (QED) is 0.590. The number of alkyl halides is 3. The normalized spacial score (nSPS) is 15.3. The summed E-state index contributed by atoms with van der Waals surface area (Å²) in [5.74, 6) is -2.42. The Hall–Kier alpha value is -3.40. The van der Waals surface area contributed by atoms with Gasteiger partial charge in [-0.15, -0.1) is 0 Å². The van der Waals surface area contributed by atoms with Crippen molar-refractivity contribution < 1.29 is 31.9 Å². The summed E-state index contributed by atoms with van der Waals surface area (Å²) in [4.78, 5) is 20.6. The largest absolute Gasteiger partial charge is 0.421 e. The Kier molecular flexibility index (Phi) is 5.20. The van der Waals surface area contributed by atoms with Gasteiger partial charge in [-0.2, -0.15) is 13.2 Å². The molecule has 1 unspecified atom stereocenters. The highest BCUT2D eigenvalue weighted by Gasteiger charge is 2.51. The molecule has 32 heavy (non-hydrogen) atoms. The molecule has 4 rings (SSSR count). The van der Waals surface area contributed by atoms with Crippen molar-refractivity contribution in [2.45, 2.75) is 31.7 Å². The summed E-state index contributed by atoms with van der Waals surface area (Å²) < 4.78 is 67.7. The molecule has 10 heteroatoms. The molecule has 5 nitrogen and oxygen atoms in total. The van der Waals surface area contributed by atoms with Gasteiger partial charge in [0.25, 0.3) is 5.91 Å². The van der Waals surface area contributed by atoms with Gasteiger partial charge in [-0.3, -0.25) is 4.79 Å². The Balaban J connectivity index is 1.74. The smallest absolute Gasteiger partial charge is 0.376 e. The van der Waals surface area contributed by atoms with E-state index in [-0.39, 0.29) is 41.3 Å². The molecule has 1 amide bonds. The number of halogens is 5. The highest BCUT2D eigenvalue weighted by Crippen LogP contribution is 2.38. The Morgan fingerprint density at radius 3 is 2.22 bits per heavy atom. The SMILES string of the molecule is CC(O)(c1ccc(Cc2nc(-c3c(F)cccc3F)nc3c2C(=O)NC3)cc1)C(F)(F)F. The summed E-state index contributed by atoms with van der Waals surface area (Å²) in [6, 6.07) is 8.29. The van der Waals surface area contributed by atoms with E-state index in [0.29, 0.717) is 12.5 Å². The van der Waals surface area contributed by atoms with E-state index >= 15 is 0 Å². The molecule has 2 heterocycles. The first kappa shape index (κ1) is 21.8. The van der Waals surface area contributed by atoms with Gasteiger partial charge in [-0.1, -0.05) is 30.3 Å². The fourth-order valence-corrected chi connectivity index (χ4v) is 3.46. The number of nitrogens with zero attached hydrogens (tertiary/aromatic N) is 2. The number of nitrogens with one attached hydrogen (secondary N) is 1. The fraction of sp³-hybridized carbons (Fsp3) is 0.227. The van der Waals surface area contributed by atoms with Crippen molar-refractivity contribution in [1.29, 1.82) is 0 Å². The minimum Gasteiger partial charge on any atom is -0.376 e. The first-order valence-electron chi connectivity index (χ1n) is 9.50. The summed E-state index contributed by atoms with van der Waals surface area (Å²) in [5.41, 5.74) is -2.73. The third-order valence-electron chi connectivity index (χ3n) is 5.33. The van der Waals surface area contributed by atoms with Crippen LogP contribution in [0.1, 0.15) is 39.8 Å². The first-order valence-corrected chi connectivity index (χ1v) is 9.50. The second kappa shape index (κ2) is 7.63. The van der Waals surface area contributed by atoms with E-state index in [1.54, 1.807) is 0 Å². The number of amides is 1. The number of carbonyl (C=O) groups is 1. The van der Waals surface area contributed by atoms with Crippen LogP contribution in [0.25, 0.3) is 11.4 Å². The lowest BCUT2D eigenvalue weighted by atomic mass is 9.93. The molecule has 1 atom stereocenters. The van der Waals surface area contributed by atoms with Crippen molar-refractivity contribution in [1.82, 2.24) is 15.3 Å². The van der Waals surface area contributed by atoms with Crippen LogP contribution in [0, 0.1) is 11.6 Å². The minimum atomic E-state index is -4.86. The van der Waals surface area contributed by atoms with Crippen LogP contribution >= 0.6 is 0 Å². The lowest BCUT2D eigenvalue weighted by molar-refractivity contribution is -0.258. The molecule has 0 radical (unpaired) electrons. The molecule has 2 aromatic carbocycles. The maximum absolute atomic E-state index is 14.3. The molecule has 1 aliphatic rings. The summed E-state index contributed by atoms with van der Waals surface area (Å²) in [6.45, 7) is 0.707. The second-order valence-corrected chi connectivity index (χ2v) is 7.54. The molecular weight excluding hydrogens is 433 g/mol. The zero-order chi connectivity index (χ0) is 23.3. The predicted octanol–water partition coefficient (Wildman–Crippen LogP) is 4.03.